The average molecular weight is 343 g/mol. The molecule has 0 spiro atoms. The van der Waals surface area contributed by atoms with E-state index in [0.29, 0.717) is 11.1 Å². The lowest BCUT2D eigenvalue weighted by Gasteiger charge is -2.26. The zero-order valence-electron chi connectivity index (χ0n) is 13.5. The Labute approximate surface area is 145 Å². The number of methoxy groups -OCH3 is 1. The van der Waals surface area contributed by atoms with Crippen molar-refractivity contribution in [1.29, 1.82) is 0 Å². The Hall–Kier alpha value is -2.11. The van der Waals surface area contributed by atoms with E-state index in [1.54, 1.807) is 13.3 Å². The van der Waals surface area contributed by atoms with Crippen molar-refractivity contribution in [3.8, 4) is 17.1 Å². The second-order valence-corrected chi connectivity index (χ2v) is 6.45. The fourth-order valence-electron chi connectivity index (χ4n) is 3.31. The van der Waals surface area contributed by atoms with E-state index in [4.69, 9.17) is 21.3 Å². The van der Waals surface area contributed by atoms with Crippen LogP contribution in [0.5, 0.6) is 5.75 Å². The molecule has 24 heavy (non-hydrogen) atoms. The molecule has 4 rings (SSSR count). The van der Waals surface area contributed by atoms with Crippen molar-refractivity contribution in [3.63, 3.8) is 0 Å². The number of fused-ring (bicyclic) bond motifs is 1. The monoisotopic (exact) mass is 342 g/mol. The van der Waals surface area contributed by atoms with Gasteiger partial charge in [0.2, 0.25) is 0 Å². The van der Waals surface area contributed by atoms with Gasteiger partial charge in [-0.2, -0.15) is 0 Å². The molecule has 0 radical (unpaired) electrons. The smallest absolute Gasteiger partial charge is 0.160 e. The van der Waals surface area contributed by atoms with Crippen LogP contribution in [0.25, 0.3) is 22.6 Å². The lowest BCUT2D eigenvalue weighted by molar-refractivity contribution is 0.376. The number of nitrogens with zero attached hydrogens (tertiary/aromatic N) is 3. The SMILES string of the molecule is COc1ccc(-c2nc3cc(Cl)cnc3n2C2CCNCC2)cc1. The van der Waals surface area contributed by atoms with Gasteiger partial charge in [-0.25, -0.2) is 9.97 Å². The number of imidazole rings is 1. The van der Waals surface area contributed by atoms with Crippen LogP contribution in [0.4, 0.5) is 0 Å². The summed E-state index contributed by atoms with van der Waals surface area (Å²) in [4.78, 5) is 9.39. The quantitative estimate of drug-likeness (QED) is 0.788. The van der Waals surface area contributed by atoms with Crippen LogP contribution in [0.3, 0.4) is 0 Å². The van der Waals surface area contributed by atoms with Crippen LogP contribution in [-0.4, -0.2) is 34.7 Å². The molecule has 0 amide bonds. The molecule has 6 heteroatoms. The normalized spacial score (nSPS) is 15.8. The van der Waals surface area contributed by atoms with E-state index in [0.717, 1.165) is 54.2 Å². The molecule has 0 unspecified atom stereocenters. The number of benzene rings is 1. The third kappa shape index (κ3) is 2.74. The maximum absolute atomic E-state index is 6.11. The summed E-state index contributed by atoms with van der Waals surface area (Å²) in [5, 5.41) is 4.03. The molecular weight excluding hydrogens is 324 g/mol. The van der Waals surface area contributed by atoms with Crippen molar-refractivity contribution in [2.45, 2.75) is 18.9 Å². The second-order valence-electron chi connectivity index (χ2n) is 6.01. The molecule has 0 bridgehead atoms. The minimum atomic E-state index is 0.391. The van der Waals surface area contributed by atoms with E-state index in [-0.39, 0.29) is 0 Å². The third-order valence-corrected chi connectivity index (χ3v) is 4.73. The molecular formula is C18H19ClN4O. The molecule has 1 aliphatic rings. The van der Waals surface area contributed by atoms with Gasteiger partial charge in [0.15, 0.2) is 5.65 Å². The predicted molar refractivity (Wildman–Crippen MR) is 95.7 cm³/mol. The Bertz CT molecular complexity index is 853. The fraction of sp³-hybridized carbons (Fsp3) is 0.333. The van der Waals surface area contributed by atoms with Crippen LogP contribution in [0, 0.1) is 0 Å². The van der Waals surface area contributed by atoms with Gasteiger partial charge in [0, 0.05) is 17.8 Å². The number of aromatic nitrogens is 3. The Morgan fingerprint density at radius 3 is 2.67 bits per heavy atom. The summed E-state index contributed by atoms with van der Waals surface area (Å²) >= 11 is 6.11. The second kappa shape index (κ2) is 6.42. The predicted octanol–water partition coefficient (Wildman–Crippen LogP) is 3.68. The lowest BCUT2D eigenvalue weighted by atomic mass is 10.1. The van der Waals surface area contributed by atoms with Crippen molar-refractivity contribution in [2.75, 3.05) is 20.2 Å². The molecule has 1 aliphatic heterocycles. The number of ether oxygens (including phenoxy) is 1. The number of hydrogen-bond acceptors (Lipinski definition) is 4. The first-order valence-corrected chi connectivity index (χ1v) is 8.52. The van der Waals surface area contributed by atoms with Gasteiger partial charge >= 0.3 is 0 Å². The molecule has 2 aromatic heterocycles. The van der Waals surface area contributed by atoms with Crippen molar-refractivity contribution >= 4 is 22.8 Å². The topological polar surface area (TPSA) is 52.0 Å². The summed E-state index contributed by atoms with van der Waals surface area (Å²) in [5.74, 6) is 1.78. The van der Waals surface area contributed by atoms with E-state index in [1.165, 1.54) is 0 Å². The Morgan fingerprint density at radius 2 is 1.96 bits per heavy atom. The van der Waals surface area contributed by atoms with Gasteiger partial charge in [-0.1, -0.05) is 11.6 Å². The van der Waals surface area contributed by atoms with Gasteiger partial charge in [-0.15, -0.1) is 0 Å². The highest BCUT2D eigenvalue weighted by Crippen LogP contribution is 2.32. The van der Waals surface area contributed by atoms with Crippen LogP contribution in [0.2, 0.25) is 5.02 Å². The number of piperidine rings is 1. The van der Waals surface area contributed by atoms with Crippen LogP contribution in [-0.2, 0) is 0 Å². The molecule has 1 aromatic carbocycles. The molecule has 0 saturated carbocycles. The number of pyridine rings is 1. The van der Waals surface area contributed by atoms with Crippen molar-refractivity contribution in [2.24, 2.45) is 0 Å². The molecule has 1 fully saturated rings. The average Bonchev–Trinajstić information content (AvgIpc) is 3.01. The Morgan fingerprint density at radius 1 is 1.21 bits per heavy atom. The number of halogens is 1. The van der Waals surface area contributed by atoms with Gasteiger partial charge in [0.05, 0.1) is 12.1 Å². The molecule has 0 aliphatic carbocycles. The fourth-order valence-corrected chi connectivity index (χ4v) is 3.46. The van der Waals surface area contributed by atoms with E-state index >= 15 is 0 Å². The highest BCUT2D eigenvalue weighted by Gasteiger charge is 2.23. The zero-order chi connectivity index (χ0) is 16.5. The summed E-state index contributed by atoms with van der Waals surface area (Å²) < 4.78 is 7.53. The minimum Gasteiger partial charge on any atom is -0.497 e. The zero-order valence-corrected chi connectivity index (χ0v) is 14.3. The van der Waals surface area contributed by atoms with Gasteiger partial charge in [-0.05, 0) is 56.3 Å². The van der Waals surface area contributed by atoms with Gasteiger partial charge in [0.25, 0.3) is 0 Å². The van der Waals surface area contributed by atoms with E-state index in [2.05, 4.69) is 14.9 Å². The van der Waals surface area contributed by atoms with Crippen LogP contribution in [0.1, 0.15) is 18.9 Å². The summed E-state index contributed by atoms with van der Waals surface area (Å²) in [6.07, 6.45) is 3.83. The van der Waals surface area contributed by atoms with Crippen LogP contribution >= 0.6 is 11.6 Å². The van der Waals surface area contributed by atoms with Crippen molar-refractivity contribution in [3.05, 3.63) is 41.6 Å². The lowest BCUT2D eigenvalue weighted by Crippen LogP contribution is -2.29. The highest BCUT2D eigenvalue weighted by molar-refractivity contribution is 6.31. The first-order chi connectivity index (χ1) is 11.8. The van der Waals surface area contributed by atoms with Gasteiger partial charge in [-0.3, -0.25) is 0 Å². The van der Waals surface area contributed by atoms with E-state index < -0.39 is 0 Å². The minimum absolute atomic E-state index is 0.391. The number of hydrogen-bond donors (Lipinski definition) is 1. The van der Waals surface area contributed by atoms with Crippen molar-refractivity contribution < 1.29 is 4.74 Å². The summed E-state index contributed by atoms with van der Waals surface area (Å²) in [6, 6.07) is 10.3. The van der Waals surface area contributed by atoms with Crippen LogP contribution in [0.15, 0.2) is 36.5 Å². The molecule has 0 atom stereocenters. The molecule has 5 nitrogen and oxygen atoms in total. The molecule has 3 aromatic rings. The van der Waals surface area contributed by atoms with E-state index in [9.17, 15) is 0 Å². The Balaban J connectivity index is 1.88. The van der Waals surface area contributed by atoms with E-state index in [1.807, 2.05) is 30.3 Å². The largest absolute Gasteiger partial charge is 0.497 e. The van der Waals surface area contributed by atoms with Gasteiger partial charge < -0.3 is 14.6 Å². The Kier molecular flexibility index (Phi) is 4.12. The molecule has 1 N–H and O–H groups in total. The molecule has 3 heterocycles. The molecule has 1 saturated heterocycles. The summed E-state index contributed by atoms with van der Waals surface area (Å²) in [6.45, 7) is 2.03. The molecule has 124 valence electrons. The maximum Gasteiger partial charge on any atom is 0.160 e. The summed E-state index contributed by atoms with van der Waals surface area (Å²) in [7, 11) is 1.67. The third-order valence-electron chi connectivity index (χ3n) is 4.52. The summed E-state index contributed by atoms with van der Waals surface area (Å²) in [5.41, 5.74) is 2.80. The van der Waals surface area contributed by atoms with Crippen LogP contribution < -0.4 is 10.1 Å². The number of rotatable bonds is 3. The highest BCUT2D eigenvalue weighted by atomic mass is 35.5. The van der Waals surface area contributed by atoms with Gasteiger partial charge in [0.1, 0.15) is 17.1 Å². The van der Waals surface area contributed by atoms with Crippen molar-refractivity contribution in [1.82, 2.24) is 19.9 Å². The first-order valence-electron chi connectivity index (χ1n) is 8.15. The number of nitrogens with one attached hydrogen (secondary N) is 1. The standard InChI is InChI=1S/C18H19ClN4O/c1-24-15-4-2-12(3-5-15)17-22-16-10-13(19)11-21-18(16)23(17)14-6-8-20-9-7-14/h2-5,10-11,14,20H,6-9H2,1H3. The maximum atomic E-state index is 6.11. The first kappa shape index (κ1) is 15.4.